The van der Waals surface area contributed by atoms with Crippen molar-refractivity contribution in [3.05, 3.63) is 16.1 Å². The van der Waals surface area contributed by atoms with E-state index in [9.17, 15) is 9.59 Å². The van der Waals surface area contributed by atoms with Gasteiger partial charge >= 0.3 is 5.97 Å². The molecule has 1 aliphatic rings. The van der Waals surface area contributed by atoms with E-state index >= 15 is 0 Å². The minimum Gasteiger partial charge on any atom is -0.480 e. The van der Waals surface area contributed by atoms with Crippen LogP contribution < -0.4 is 5.32 Å². The molecule has 0 aromatic carbocycles. The predicted octanol–water partition coefficient (Wildman–Crippen LogP) is 2.04. The Bertz CT molecular complexity index is 588. The quantitative estimate of drug-likeness (QED) is 0.784. The number of hydrogen-bond acceptors (Lipinski definition) is 5. The lowest BCUT2D eigenvalue weighted by atomic mass is 9.85. The maximum Gasteiger partial charge on any atom is 0.317 e. The molecule has 0 unspecified atom stereocenters. The van der Waals surface area contributed by atoms with Crippen LogP contribution in [0.25, 0.3) is 0 Å². The van der Waals surface area contributed by atoms with Crippen LogP contribution in [0.5, 0.6) is 0 Å². The van der Waals surface area contributed by atoms with Crippen LogP contribution in [-0.2, 0) is 21.4 Å². The summed E-state index contributed by atoms with van der Waals surface area (Å²) in [7, 11) is 0. The molecule has 0 aliphatic heterocycles. The van der Waals surface area contributed by atoms with Crippen LogP contribution >= 0.6 is 11.3 Å². The van der Waals surface area contributed by atoms with E-state index in [-0.39, 0.29) is 30.0 Å². The molecular weight excluding hydrogens is 326 g/mol. The van der Waals surface area contributed by atoms with Crippen molar-refractivity contribution >= 4 is 23.2 Å². The molecule has 0 atom stereocenters. The number of thiazole rings is 1. The third-order valence-corrected chi connectivity index (χ3v) is 5.59. The molecule has 0 bridgehead atoms. The average Bonchev–Trinajstić information content (AvgIpc) is 2.88. The summed E-state index contributed by atoms with van der Waals surface area (Å²) in [6.45, 7) is 9.08. The van der Waals surface area contributed by atoms with Crippen molar-refractivity contribution in [2.45, 2.75) is 64.5 Å². The molecule has 1 heterocycles. The second kappa shape index (κ2) is 7.61. The topological polar surface area (TPSA) is 82.5 Å². The molecule has 2 N–H and O–H groups in total. The molecule has 0 radical (unpaired) electrons. The Labute approximate surface area is 147 Å². The van der Waals surface area contributed by atoms with Gasteiger partial charge in [0.1, 0.15) is 0 Å². The number of aliphatic carboxylic acids is 1. The first kappa shape index (κ1) is 18.9. The zero-order valence-corrected chi connectivity index (χ0v) is 15.7. The number of hydrogen-bond donors (Lipinski definition) is 2. The second-order valence-electron chi connectivity index (χ2n) is 7.42. The molecule has 6 nitrogen and oxygen atoms in total. The predicted molar refractivity (Wildman–Crippen MR) is 94.4 cm³/mol. The monoisotopic (exact) mass is 353 g/mol. The first-order valence-corrected chi connectivity index (χ1v) is 9.27. The summed E-state index contributed by atoms with van der Waals surface area (Å²) in [5, 5.41) is 14.9. The fourth-order valence-electron chi connectivity index (χ4n) is 2.85. The second-order valence-corrected chi connectivity index (χ2v) is 8.28. The molecule has 1 aliphatic carbocycles. The van der Waals surface area contributed by atoms with Crippen molar-refractivity contribution < 1.29 is 14.7 Å². The van der Waals surface area contributed by atoms with Crippen molar-refractivity contribution in [3.8, 4) is 0 Å². The van der Waals surface area contributed by atoms with E-state index in [4.69, 9.17) is 5.11 Å². The number of carboxylic acid groups (broad SMARTS) is 1. The zero-order valence-electron chi connectivity index (χ0n) is 14.8. The summed E-state index contributed by atoms with van der Waals surface area (Å²) in [6.07, 6.45) is 1.94. The minimum absolute atomic E-state index is 0.00827. The van der Waals surface area contributed by atoms with Crippen LogP contribution in [0.4, 0.5) is 0 Å². The number of nitrogens with one attached hydrogen (secondary N) is 1. The highest BCUT2D eigenvalue weighted by Crippen LogP contribution is 2.27. The van der Waals surface area contributed by atoms with Gasteiger partial charge in [-0.05, 0) is 19.4 Å². The molecule has 0 saturated heterocycles. The zero-order chi connectivity index (χ0) is 17.9. The van der Waals surface area contributed by atoms with E-state index in [2.05, 4.69) is 31.1 Å². The molecule has 2 rings (SSSR count). The molecule has 134 valence electrons. The lowest BCUT2D eigenvalue weighted by Gasteiger charge is -2.42. The maximum atomic E-state index is 12.1. The molecule has 1 fully saturated rings. The van der Waals surface area contributed by atoms with E-state index in [1.807, 2.05) is 17.2 Å². The van der Waals surface area contributed by atoms with E-state index in [0.717, 1.165) is 23.5 Å². The lowest BCUT2D eigenvalue weighted by molar-refractivity contribution is -0.139. The van der Waals surface area contributed by atoms with Crippen molar-refractivity contribution in [3.63, 3.8) is 0 Å². The number of carboxylic acids is 1. The fraction of sp³-hybridized carbons (Fsp3) is 0.706. The molecule has 1 aromatic heterocycles. The Hall–Kier alpha value is -1.47. The summed E-state index contributed by atoms with van der Waals surface area (Å²) in [5.74, 6) is -0.812. The molecule has 24 heavy (non-hydrogen) atoms. The van der Waals surface area contributed by atoms with Crippen molar-refractivity contribution in [2.24, 2.45) is 0 Å². The average molecular weight is 353 g/mol. The van der Waals surface area contributed by atoms with E-state index in [0.29, 0.717) is 13.0 Å². The Morgan fingerprint density at radius 1 is 1.42 bits per heavy atom. The highest BCUT2D eigenvalue weighted by molar-refractivity contribution is 7.09. The highest BCUT2D eigenvalue weighted by Gasteiger charge is 2.34. The van der Waals surface area contributed by atoms with Gasteiger partial charge in [0, 0.05) is 22.9 Å². The lowest BCUT2D eigenvalue weighted by Crippen LogP contribution is -2.55. The van der Waals surface area contributed by atoms with Gasteiger partial charge in [-0.25, -0.2) is 4.98 Å². The Morgan fingerprint density at radius 2 is 2.08 bits per heavy atom. The third kappa shape index (κ3) is 5.01. The van der Waals surface area contributed by atoms with Gasteiger partial charge in [0.15, 0.2) is 0 Å². The number of carbonyl (C=O) groups excluding carboxylic acids is 1. The van der Waals surface area contributed by atoms with E-state index in [1.54, 1.807) is 11.3 Å². The van der Waals surface area contributed by atoms with Crippen molar-refractivity contribution in [1.82, 2.24) is 15.2 Å². The number of nitrogens with zero attached hydrogens (tertiary/aromatic N) is 2. The van der Waals surface area contributed by atoms with E-state index < -0.39 is 5.97 Å². The number of amides is 1. The largest absolute Gasteiger partial charge is 0.480 e. The first-order valence-electron chi connectivity index (χ1n) is 8.39. The van der Waals surface area contributed by atoms with Crippen LogP contribution in [0.1, 0.15) is 51.2 Å². The van der Waals surface area contributed by atoms with Gasteiger partial charge in [-0.1, -0.05) is 27.7 Å². The highest BCUT2D eigenvalue weighted by atomic mass is 32.1. The van der Waals surface area contributed by atoms with Crippen LogP contribution in [0.3, 0.4) is 0 Å². The summed E-state index contributed by atoms with van der Waals surface area (Å²) in [4.78, 5) is 29.5. The van der Waals surface area contributed by atoms with Gasteiger partial charge in [-0.2, -0.15) is 0 Å². The van der Waals surface area contributed by atoms with Gasteiger partial charge < -0.3 is 10.4 Å². The number of carbonyl (C=O) groups is 2. The number of aromatic nitrogens is 1. The standard InChI is InChI=1S/C17H27N3O3S/c1-5-20(9-15(22)23)13-6-11(7-13)18-14(21)8-12-10-24-16(19-12)17(2,3)4/h10-11,13H,5-9H2,1-4H3,(H,18,21)(H,22,23). The smallest absolute Gasteiger partial charge is 0.317 e. The molecular formula is C17H27N3O3S. The summed E-state index contributed by atoms with van der Waals surface area (Å²) in [6, 6.07) is 0.397. The SMILES string of the molecule is CCN(CC(=O)O)C1CC(NC(=O)Cc2csc(C(C)(C)C)n2)C1. The van der Waals surface area contributed by atoms with Gasteiger partial charge in [0.05, 0.1) is 23.7 Å². The van der Waals surface area contributed by atoms with Crippen LogP contribution in [-0.4, -0.2) is 52.0 Å². The summed E-state index contributed by atoms with van der Waals surface area (Å²) in [5.41, 5.74) is 0.827. The molecule has 1 aromatic rings. The molecule has 0 spiro atoms. The van der Waals surface area contributed by atoms with Gasteiger partial charge in [0.2, 0.25) is 5.91 Å². The summed E-state index contributed by atoms with van der Waals surface area (Å²) < 4.78 is 0. The maximum absolute atomic E-state index is 12.1. The van der Waals surface area contributed by atoms with Crippen molar-refractivity contribution in [1.29, 1.82) is 0 Å². The summed E-state index contributed by atoms with van der Waals surface area (Å²) >= 11 is 1.60. The third-order valence-electron chi connectivity index (χ3n) is 4.27. The number of likely N-dealkylation sites (N-methyl/N-ethyl adjacent to an activating group) is 1. The first-order chi connectivity index (χ1) is 11.2. The Balaban J connectivity index is 1.76. The van der Waals surface area contributed by atoms with Gasteiger partial charge in [-0.3, -0.25) is 14.5 Å². The van der Waals surface area contributed by atoms with Crippen LogP contribution in [0.15, 0.2) is 5.38 Å². The fourth-order valence-corrected chi connectivity index (χ4v) is 3.76. The minimum atomic E-state index is -0.803. The normalized spacial score (nSPS) is 20.7. The van der Waals surface area contributed by atoms with E-state index in [1.165, 1.54) is 0 Å². The molecule has 7 heteroatoms. The van der Waals surface area contributed by atoms with Crippen LogP contribution in [0.2, 0.25) is 0 Å². The molecule has 1 amide bonds. The Morgan fingerprint density at radius 3 is 2.58 bits per heavy atom. The van der Waals surface area contributed by atoms with Crippen molar-refractivity contribution in [2.75, 3.05) is 13.1 Å². The van der Waals surface area contributed by atoms with Gasteiger partial charge in [0.25, 0.3) is 0 Å². The van der Waals surface area contributed by atoms with Gasteiger partial charge in [-0.15, -0.1) is 11.3 Å². The molecule has 1 saturated carbocycles. The Kier molecular flexibility index (Phi) is 5.98. The van der Waals surface area contributed by atoms with Crippen LogP contribution in [0, 0.1) is 0 Å². The number of rotatable bonds is 7.